The average Bonchev–Trinajstić information content (AvgIpc) is 2.71. The maximum absolute atomic E-state index is 11.5. The standard InChI is InChI=1S/C13H13NO4/c1-7(15)9-3-4-10(18-2)12-8(5-11(16)17)6-14-13(9)12/h3-4,6,14H,5H2,1-2H3,(H,16,17). The Hall–Kier alpha value is -2.30. The number of Topliss-reactive ketones (excluding diaryl/α,β-unsaturated/α-hetero) is 1. The fraction of sp³-hybridized carbons (Fsp3) is 0.231. The lowest BCUT2D eigenvalue weighted by Gasteiger charge is -2.06. The smallest absolute Gasteiger partial charge is 0.307 e. The SMILES string of the molecule is COc1ccc(C(C)=O)c2[nH]cc(CC(=O)O)c12. The topological polar surface area (TPSA) is 79.4 Å². The molecule has 0 aliphatic heterocycles. The van der Waals surface area contributed by atoms with E-state index in [2.05, 4.69) is 4.98 Å². The van der Waals surface area contributed by atoms with Crippen molar-refractivity contribution >= 4 is 22.7 Å². The highest BCUT2D eigenvalue weighted by atomic mass is 16.5. The molecule has 5 heteroatoms. The fourth-order valence-corrected chi connectivity index (χ4v) is 2.05. The molecule has 2 rings (SSSR count). The van der Waals surface area contributed by atoms with Gasteiger partial charge in [-0.1, -0.05) is 0 Å². The molecule has 18 heavy (non-hydrogen) atoms. The van der Waals surface area contributed by atoms with Gasteiger partial charge in [0.2, 0.25) is 0 Å². The second-order valence-electron chi connectivity index (χ2n) is 4.01. The van der Waals surface area contributed by atoms with Crippen molar-refractivity contribution < 1.29 is 19.4 Å². The van der Waals surface area contributed by atoms with Crippen molar-refractivity contribution in [2.45, 2.75) is 13.3 Å². The molecule has 1 aromatic heterocycles. The molecule has 0 aliphatic rings. The second-order valence-corrected chi connectivity index (χ2v) is 4.01. The van der Waals surface area contributed by atoms with E-state index >= 15 is 0 Å². The number of H-pyrrole nitrogens is 1. The van der Waals surface area contributed by atoms with Gasteiger partial charge < -0.3 is 14.8 Å². The minimum absolute atomic E-state index is 0.0774. The number of nitrogens with one attached hydrogen (secondary N) is 1. The number of ether oxygens (including phenoxy) is 1. The largest absolute Gasteiger partial charge is 0.496 e. The quantitative estimate of drug-likeness (QED) is 0.810. The Bertz CT molecular complexity index is 627. The van der Waals surface area contributed by atoms with Crippen molar-refractivity contribution in [1.82, 2.24) is 4.98 Å². The van der Waals surface area contributed by atoms with E-state index in [1.54, 1.807) is 18.3 Å². The Balaban J connectivity index is 2.72. The highest BCUT2D eigenvalue weighted by molar-refractivity contribution is 6.08. The second kappa shape index (κ2) is 4.52. The molecule has 0 spiro atoms. The Morgan fingerprint density at radius 3 is 2.67 bits per heavy atom. The maximum Gasteiger partial charge on any atom is 0.307 e. The Morgan fingerprint density at radius 1 is 1.39 bits per heavy atom. The number of carboxylic acid groups (broad SMARTS) is 1. The van der Waals surface area contributed by atoms with Crippen LogP contribution in [0, 0.1) is 0 Å². The van der Waals surface area contributed by atoms with Crippen molar-refractivity contribution in [1.29, 1.82) is 0 Å². The minimum Gasteiger partial charge on any atom is -0.496 e. The zero-order valence-electron chi connectivity index (χ0n) is 10.1. The zero-order valence-corrected chi connectivity index (χ0v) is 10.1. The summed E-state index contributed by atoms with van der Waals surface area (Å²) in [7, 11) is 1.51. The molecule has 0 unspecified atom stereocenters. The molecule has 94 valence electrons. The first-order valence-corrected chi connectivity index (χ1v) is 5.44. The summed E-state index contributed by atoms with van der Waals surface area (Å²) in [6.07, 6.45) is 1.49. The van der Waals surface area contributed by atoms with Crippen LogP contribution >= 0.6 is 0 Å². The lowest BCUT2D eigenvalue weighted by atomic mass is 10.0. The lowest BCUT2D eigenvalue weighted by molar-refractivity contribution is -0.136. The number of benzene rings is 1. The summed E-state index contributed by atoms with van der Waals surface area (Å²) in [4.78, 5) is 25.3. The number of hydrogen-bond acceptors (Lipinski definition) is 3. The molecule has 0 radical (unpaired) electrons. The first-order chi connectivity index (χ1) is 8.54. The third kappa shape index (κ3) is 1.95. The minimum atomic E-state index is -0.925. The molecule has 5 nitrogen and oxygen atoms in total. The van der Waals surface area contributed by atoms with Gasteiger partial charge in [0, 0.05) is 17.1 Å². The molecule has 0 atom stereocenters. The Morgan fingerprint density at radius 2 is 2.11 bits per heavy atom. The van der Waals surface area contributed by atoms with E-state index in [4.69, 9.17) is 9.84 Å². The fourth-order valence-electron chi connectivity index (χ4n) is 2.05. The summed E-state index contributed by atoms with van der Waals surface area (Å²) in [6.45, 7) is 1.47. The summed E-state index contributed by atoms with van der Waals surface area (Å²) in [5.41, 5.74) is 1.76. The van der Waals surface area contributed by atoms with Crippen molar-refractivity contribution in [2.24, 2.45) is 0 Å². The predicted octanol–water partition coefficient (Wildman–Crippen LogP) is 2.01. The predicted molar refractivity (Wildman–Crippen MR) is 66.2 cm³/mol. The molecular formula is C13H13NO4. The molecule has 1 heterocycles. The number of aromatic amines is 1. The van der Waals surface area contributed by atoms with Crippen LogP contribution in [0.25, 0.3) is 10.9 Å². The maximum atomic E-state index is 11.5. The van der Waals surface area contributed by atoms with Gasteiger partial charge in [0.15, 0.2) is 5.78 Å². The van der Waals surface area contributed by atoms with E-state index in [9.17, 15) is 9.59 Å². The van der Waals surface area contributed by atoms with Gasteiger partial charge in [-0.25, -0.2) is 0 Å². The summed E-state index contributed by atoms with van der Waals surface area (Å²) < 4.78 is 5.22. The first kappa shape index (κ1) is 12.2. The number of aromatic nitrogens is 1. The number of carbonyl (C=O) groups excluding carboxylic acids is 1. The highest BCUT2D eigenvalue weighted by Gasteiger charge is 2.16. The highest BCUT2D eigenvalue weighted by Crippen LogP contribution is 2.31. The number of fused-ring (bicyclic) bond motifs is 1. The van der Waals surface area contributed by atoms with Crippen LogP contribution in [0.2, 0.25) is 0 Å². The molecule has 0 bridgehead atoms. The Labute approximate surface area is 103 Å². The number of carboxylic acids is 1. The van der Waals surface area contributed by atoms with Gasteiger partial charge >= 0.3 is 5.97 Å². The molecule has 2 aromatic rings. The third-order valence-electron chi connectivity index (χ3n) is 2.82. The Kier molecular flexibility index (Phi) is 3.06. The molecule has 0 saturated heterocycles. The summed E-state index contributed by atoms with van der Waals surface area (Å²) in [5, 5.41) is 9.53. The first-order valence-electron chi connectivity index (χ1n) is 5.44. The van der Waals surface area contributed by atoms with Crippen LogP contribution in [0.5, 0.6) is 5.75 Å². The lowest BCUT2D eigenvalue weighted by Crippen LogP contribution is -2.00. The third-order valence-corrected chi connectivity index (χ3v) is 2.82. The van der Waals surface area contributed by atoms with Gasteiger partial charge in [-0.3, -0.25) is 9.59 Å². The van der Waals surface area contributed by atoms with Crippen LogP contribution in [0.4, 0.5) is 0 Å². The molecular weight excluding hydrogens is 234 g/mol. The van der Waals surface area contributed by atoms with Crippen LogP contribution in [-0.2, 0) is 11.2 Å². The molecule has 0 saturated carbocycles. The number of aliphatic carboxylic acids is 1. The number of carbonyl (C=O) groups is 2. The van der Waals surface area contributed by atoms with Gasteiger partial charge in [-0.2, -0.15) is 0 Å². The van der Waals surface area contributed by atoms with Crippen LogP contribution in [0.3, 0.4) is 0 Å². The molecule has 0 fully saturated rings. The summed E-state index contributed by atoms with van der Waals surface area (Å²) in [5.74, 6) is -0.440. The van der Waals surface area contributed by atoms with Gasteiger partial charge in [0.05, 0.1) is 19.0 Å². The van der Waals surface area contributed by atoms with Crippen LogP contribution in [-0.4, -0.2) is 29.0 Å². The molecule has 1 aromatic carbocycles. The van der Waals surface area contributed by atoms with Crippen molar-refractivity contribution in [3.05, 3.63) is 29.5 Å². The van der Waals surface area contributed by atoms with Gasteiger partial charge in [-0.15, -0.1) is 0 Å². The van der Waals surface area contributed by atoms with Gasteiger partial charge in [-0.05, 0) is 24.6 Å². The number of hydrogen-bond donors (Lipinski definition) is 2. The van der Waals surface area contributed by atoms with E-state index < -0.39 is 5.97 Å². The van der Waals surface area contributed by atoms with Gasteiger partial charge in [0.1, 0.15) is 5.75 Å². The van der Waals surface area contributed by atoms with E-state index in [1.807, 2.05) is 0 Å². The monoisotopic (exact) mass is 247 g/mol. The van der Waals surface area contributed by atoms with E-state index in [0.717, 1.165) is 0 Å². The van der Waals surface area contributed by atoms with Crippen molar-refractivity contribution in [3.8, 4) is 5.75 Å². The molecule has 2 N–H and O–H groups in total. The van der Waals surface area contributed by atoms with Crippen LogP contribution in [0.15, 0.2) is 18.3 Å². The van der Waals surface area contributed by atoms with Crippen molar-refractivity contribution in [3.63, 3.8) is 0 Å². The zero-order chi connectivity index (χ0) is 13.3. The van der Waals surface area contributed by atoms with E-state index in [-0.39, 0.29) is 12.2 Å². The normalized spacial score (nSPS) is 10.6. The van der Waals surface area contributed by atoms with Crippen molar-refractivity contribution in [2.75, 3.05) is 7.11 Å². The number of rotatable bonds is 4. The molecule has 0 amide bonds. The average molecular weight is 247 g/mol. The number of methoxy groups -OCH3 is 1. The van der Waals surface area contributed by atoms with Crippen LogP contribution in [0.1, 0.15) is 22.8 Å². The molecule has 0 aliphatic carbocycles. The summed E-state index contributed by atoms with van der Waals surface area (Å²) in [6, 6.07) is 3.35. The van der Waals surface area contributed by atoms with E-state index in [0.29, 0.717) is 27.8 Å². The van der Waals surface area contributed by atoms with Crippen LogP contribution < -0.4 is 4.74 Å². The summed E-state index contributed by atoms with van der Waals surface area (Å²) >= 11 is 0. The van der Waals surface area contributed by atoms with E-state index in [1.165, 1.54) is 14.0 Å². The number of ketones is 1. The van der Waals surface area contributed by atoms with Gasteiger partial charge in [0.25, 0.3) is 0 Å².